The molecule has 0 aliphatic heterocycles. The monoisotopic (exact) mass is 154 g/mol. The molecule has 11 heavy (non-hydrogen) atoms. The smallest absolute Gasteiger partial charge is 0.323 e. The van der Waals surface area contributed by atoms with Gasteiger partial charge in [0.15, 0.2) is 6.40 Å². The van der Waals surface area contributed by atoms with Crippen LogP contribution in [0.25, 0.3) is 0 Å². The summed E-state index contributed by atoms with van der Waals surface area (Å²) in [6.45, 7) is 0. The van der Waals surface area contributed by atoms with Gasteiger partial charge in [0, 0.05) is 6.04 Å². The molecule has 0 aromatic rings. The van der Waals surface area contributed by atoms with Gasteiger partial charge in [0.1, 0.15) is 0 Å². The van der Waals surface area contributed by atoms with E-state index in [4.69, 9.17) is 10.4 Å². The van der Waals surface area contributed by atoms with Crippen LogP contribution in [0, 0.1) is 0 Å². The van der Waals surface area contributed by atoms with E-state index in [-0.39, 0.29) is 0 Å². The normalized spacial score (nSPS) is 32.5. The molecule has 0 aromatic heterocycles. The molecule has 3 nitrogen and oxygen atoms in total. The molecule has 0 heterocycles. The molecule has 0 unspecified atom stereocenters. The highest BCUT2D eigenvalue weighted by Gasteiger charge is 2.16. The van der Waals surface area contributed by atoms with Gasteiger partial charge < -0.3 is 10.4 Å². The second kappa shape index (κ2) is 4.39. The van der Waals surface area contributed by atoms with Crippen molar-refractivity contribution in [2.45, 2.75) is 37.8 Å². The third-order valence-electron chi connectivity index (χ3n) is 2.12. The summed E-state index contributed by atoms with van der Waals surface area (Å²) in [5.41, 5.74) is 5.74. The van der Waals surface area contributed by atoms with Gasteiger partial charge >= 0.3 is 8.05 Å². The number of hydrogen-bond donors (Lipinski definition) is 1. The summed E-state index contributed by atoms with van der Waals surface area (Å²) in [5, 5.41) is 0. The molecule has 0 spiro atoms. The van der Waals surface area contributed by atoms with Crippen molar-refractivity contribution in [3.8, 4) is 0 Å². The van der Waals surface area contributed by atoms with Crippen LogP contribution in [0.1, 0.15) is 25.7 Å². The van der Waals surface area contributed by atoms with Crippen LogP contribution < -0.4 is 5.73 Å². The first-order valence-corrected chi connectivity index (χ1v) is 4.13. The van der Waals surface area contributed by atoms with Crippen molar-refractivity contribution in [1.82, 2.24) is 0 Å². The minimum atomic E-state index is 0.406. The molecule has 0 aromatic carbocycles. The largest absolute Gasteiger partial charge is 0.560 e. The van der Waals surface area contributed by atoms with Crippen molar-refractivity contribution in [2.75, 3.05) is 0 Å². The molecule has 1 saturated carbocycles. The molecule has 1 aliphatic carbocycles. The molecule has 2 N–H and O–H groups in total. The lowest BCUT2D eigenvalue weighted by Crippen LogP contribution is -2.28. The molecule has 0 atom stereocenters. The lowest BCUT2D eigenvalue weighted by atomic mass is 9.92. The molecule has 0 saturated heterocycles. The van der Waals surface area contributed by atoms with Gasteiger partial charge in [-0.2, -0.15) is 0 Å². The maximum atomic E-state index is 5.74. The van der Waals surface area contributed by atoms with Gasteiger partial charge in [-0.1, -0.05) is 0 Å². The fraction of sp³-hybridized carbons (Fsp3) is 0.857. The zero-order valence-electron chi connectivity index (χ0n) is 6.99. The fourth-order valence-electron chi connectivity index (χ4n) is 1.40. The summed E-state index contributed by atoms with van der Waals surface area (Å²) < 4.78 is 4.75. The zero-order valence-corrected chi connectivity index (χ0v) is 6.99. The maximum absolute atomic E-state index is 5.74. The summed E-state index contributed by atoms with van der Waals surface area (Å²) in [4.78, 5) is 4.23. The van der Waals surface area contributed by atoms with E-state index in [0.717, 1.165) is 25.7 Å². The van der Waals surface area contributed by atoms with Crippen LogP contribution in [0.2, 0.25) is 0 Å². The maximum Gasteiger partial charge on any atom is 0.323 e. The summed E-state index contributed by atoms with van der Waals surface area (Å²) in [5.74, 6) is 0. The number of hydrogen-bond acceptors (Lipinski definition) is 3. The van der Waals surface area contributed by atoms with Crippen molar-refractivity contribution >= 4 is 14.4 Å². The Bertz CT molecular complexity index is 132. The second-order valence-corrected chi connectivity index (χ2v) is 3.06. The highest BCUT2D eigenvalue weighted by Crippen LogP contribution is 2.19. The zero-order chi connectivity index (χ0) is 8.10. The van der Waals surface area contributed by atoms with Crippen molar-refractivity contribution in [1.29, 1.82) is 0 Å². The standard InChI is InChI=1S/C7H15BN2O/c8-11-5-10-7-3-1-6(9)2-4-7/h5-7H,1-4,8-9H2/b10-5+. The van der Waals surface area contributed by atoms with Crippen LogP contribution in [-0.2, 0) is 4.65 Å². The SMILES string of the molecule is BO/C=N/C1CCC(N)CC1. The van der Waals surface area contributed by atoms with E-state index in [9.17, 15) is 0 Å². The molecule has 0 radical (unpaired) electrons. The highest BCUT2D eigenvalue weighted by atomic mass is 16.4. The Morgan fingerprint density at radius 2 is 2.00 bits per heavy atom. The van der Waals surface area contributed by atoms with E-state index in [0.29, 0.717) is 12.1 Å². The van der Waals surface area contributed by atoms with E-state index in [2.05, 4.69) is 4.99 Å². The van der Waals surface area contributed by atoms with Crippen molar-refractivity contribution in [3.05, 3.63) is 0 Å². The molecular weight excluding hydrogens is 139 g/mol. The minimum Gasteiger partial charge on any atom is -0.560 e. The minimum absolute atomic E-state index is 0.406. The van der Waals surface area contributed by atoms with E-state index >= 15 is 0 Å². The predicted molar refractivity (Wildman–Crippen MR) is 48.4 cm³/mol. The van der Waals surface area contributed by atoms with Gasteiger partial charge in [0.2, 0.25) is 0 Å². The third kappa shape index (κ3) is 2.93. The quantitative estimate of drug-likeness (QED) is 0.341. The van der Waals surface area contributed by atoms with Gasteiger partial charge in [-0.15, -0.1) is 0 Å². The third-order valence-corrected chi connectivity index (χ3v) is 2.12. The number of nitrogens with two attached hydrogens (primary N) is 1. The first-order chi connectivity index (χ1) is 5.33. The average Bonchev–Trinajstić information content (AvgIpc) is 2.04. The Kier molecular flexibility index (Phi) is 3.43. The Morgan fingerprint density at radius 1 is 1.36 bits per heavy atom. The Labute approximate surface area is 68.5 Å². The summed E-state index contributed by atoms with van der Waals surface area (Å²) in [6.07, 6.45) is 5.96. The molecule has 1 fully saturated rings. The van der Waals surface area contributed by atoms with Gasteiger partial charge in [-0.05, 0) is 25.7 Å². The number of nitrogens with zero attached hydrogens (tertiary/aromatic N) is 1. The molecule has 1 aliphatic rings. The summed E-state index contributed by atoms with van der Waals surface area (Å²) >= 11 is 0. The topological polar surface area (TPSA) is 47.6 Å². The molecule has 62 valence electrons. The average molecular weight is 154 g/mol. The highest BCUT2D eigenvalue weighted by molar-refractivity contribution is 6.02. The number of rotatable bonds is 2. The van der Waals surface area contributed by atoms with Gasteiger partial charge in [-0.3, -0.25) is 4.99 Å². The van der Waals surface area contributed by atoms with Crippen LogP contribution in [0.3, 0.4) is 0 Å². The Morgan fingerprint density at radius 3 is 2.55 bits per heavy atom. The lowest BCUT2D eigenvalue weighted by Gasteiger charge is -2.22. The van der Waals surface area contributed by atoms with Crippen LogP contribution in [-0.4, -0.2) is 26.5 Å². The summed E-state index contributed by atoms with van der Waals surface area (Å²) in [7, 11) is 1.62. The van der Waals surface area contributed by atoms with Crippen molar-refractivity contribution < 1.29 is 4.65 Å². The summed E-state index contributed by atoms with van der Waals surface area (Å²) in [6, 6.07) is 0.860. The van der Waals surface area contributed by atoms with Crippen LogP contribution in [0.4, 0.5) is 0 Å². The van der Waals surface area contributed by atoms with Gasteiger partial charge in [0.25, 0.3) is 0 Å². The van der Waals surface area contributed by atoms with E-state index in [1.165, 1.54) is 6.40 Å². The molecule has 0 amide bonds. The van der Waals surface area contributed by atoms with Crippen molar-refractivity contribution in [3.63, 3.8) is 0 Å². The fourth-order valence-corrected chi connectivity index (χ4v) is 1.40. The van der Waals surface area contributed by atoms with E-state index in [1.54, 1.807) is 8.05 Å². The van der Waals surface area contributed by atoms with Crippen molar-refractivity contribution in [2.24, 2.45) is 10.7 Å². The van der Waals surface area contributed by atoms with Crippen LogP contribution >= 0.6 is 0 Å². The predicted octanol–water partition coefficient (Wildman–Crippen LogP) is -0.151. The number of aliphatic imine (C=N–C) groups is 1. The Balaban J connectivity index is 2.22. The molecular formula is C7H15BN2O. The van der Waals surface area contributed by atoms with Crippen LogP contribution in [0.5, 0.6) is 0 Å². The first kappa shape index (κ1) is 8.59. The van der Waals surface area contributed by atoms with E-state index < -0.39 is 0 Å². The van der Waals surface area contributed by atoms with Gasteiger partial charge in [0.05, 0.1) is 6.04 Å². The second-order valence-electron chi connectivity index (χ2n) is 3.06. The van der Waals surface area contributed by atoms with Gasteiger partial charge in [-0.25, -0.2) is 0 Å². The van der Waals surface area contributed by atoms with Crippen LogP contribution in [0.15, 0.2) is 4.99 Å². The molecule has 1 rings (SSSR count). The molecule has 0 bridgehead atoms. The Hall–Kier alpha value is -0.505. The van der Waals surface area contributed by atoms with E-state index in [1.807, 2.05) is 0 Å². The molecule has 4 heteroatoms. The first-order valence-electron chi connectivity index (χ1n) is 4.13. The lowest BCUT2D eigenvalue weighted by molar-refractivity contribution is 0.393.